The van der Waals surface area contributed by atoms with Crippen LogP contribution in [0.1, 0.15) is 44.9 Å². The third-order valence-electron chi connectivity index (χ3n) is 4.94. The highest BCUT2D eigenvalue weighted by Crippen LogP contribution is 2.43. The van der Waals surface area contributed by atoms with Crippen molar-refractivity contribution >= 4 is 5.97 Å². The molecule has 3 heteroatoms. The maximum atomic E-state index is 11.1. The molecule has 3 atom stereocenters. The Bertz CT molecular complexity index is 286. The molecular weight excluding hydrogens is 202 g/mol. The van der Waals surface area contributed by atoms with Crippen molar-refractivity contribution in [3.8, 4) is 0 Å². The van der Waals surface area contributed by atoms with Crippen molar-refractivity contribution in [2.24, 2.45) is 11.8 Å². The molecule has 2 bridgehead atoms. The monoisotopic (exact) mass is 223 g/mol. The van der Waals surface area contributed by atoms with Gasteiger partial charge in [-0.2, -0.15) is 0 Å². The summed E-state index contributed by atoms with van der Waals surface area (Å²) < 4.78 is 0. The Kier molecular flexibility index (Phi) is 2.66. The average Bonchev–Trinajstić information content (AvgIpc) is 2.96. The smallest absolute Gasteiger partial charge is 0.308 e. The number of hydrogen-bond donors (Lipinski definition) is 1. The molecule has 0 aromatic heterocycles. The summed E-state index contributed by atoms with van der Waals surface area (Å²) in [7, 11) is 0. The number of rotatable bonds is 3. The lowest BCUT2D eigenvalue weighted by Crippen LogP contribution is -2.36. The Labute approximate surface area is 96.8 Å². The molecule has 3 rings (SSSR count). The van der Waals surface area contributed by atoms with E-state index in [0.29, 0.717) is 12.1 Å². The molecule has 1 aliphatic carbocycles. The first kappa shape index (κ1) is 10.6. The normalized spacial score (nSPS) is 39.6. The second kappa shape index (κ2) is 4.02. The van der Waals surface area contributed by atoms with E-state index in [1.54, 1.807) is 0 Å². The lowest BCUT2D eigenvalue weighted by atomic mass is 9.89. The summed E-state index contributed by atoms with van der Waals surface area (Å²) in [5.41, 5.74) is 0. The summed E-state index contributed by atoms with van der Waals surface area (Å²) in [5.74, 6) is 0.222. The van der Waals surface area contributed by atoms with Crippen molar-refractivity contribution in [2.45, 2.75) is 57.0 Å². The highest BCUT2D eigenvalue weighted by molar-refractivity contribution is 5.71. The van der Waals surface area contributed by atoms with Gasteiger partial charge in [0.15, 0.2) is 0 Å². The minimum absolute atomic E-state index is 0.0693. The van der Waals surface area contributed by atoms with E-state index in [1.807, 2.05) is 0 Å². The highest BCUT2D eigenvalue weighted by Gasteiger charge is 2.49. The zero-order valence-electron chi connectivity index (χ0n) is 9.77. The quantitative estimate of drug-likeness (QED) is 0.796. The molecule has 0 aromatic rings. The summed E-state index contributed by atoms with van der Waals surface area (Å²) >= 11 is 0. The summed E-state index contributed by atoms with van der Waals surface area (Å²) in [4.78, 5) is 13.7. The van der Waals surface area contributed by atoms with Gasteiger partial charge in [0.2, 0.25) is 0 Å². The Hall–Kier alpha value is -0.570. The topological polar surface area (TPSA) is 40.5 Å². The Morgan fingerprint density at radius 3 is 2.56 bits per heavy atom. The number of carbonyl (C=O) groups is 1. The van der Waals surface area contributed by atoms with Gasteiger partial charge >= 0.3 is 5.97 Å². The zero-order chi connectivity index (χ0) is 11.1. The summed E-state index contributed by atoms with van der Waals surface area (Å²) in [5, 5.41) is 9.19. The molecule has 3 aliphatic rings. The summed E-state index contributed by atoms with van der Waals surface area (Å²) in [6, 6.07) is 0.954. The first-order chi connectivity index (χ1) is 7.75. The van der Waals surface area contributed by atoms with E-state index in [2.05, 4.69) is 4.90 Å². The molecule has 2 heterocycles. The molecule has 3 fully saturated rings. The van der Waals surface area contributed by atoms with E-state index < -0.39 is 5.97 Å². The molecule has 3 nitrogen and oxygen atoms in total. The molecule has 1 saturated carbocycles. The van der Waals surface area contributed by atoms with Gasteiger partial charge in [-0.25, -0.2) is 0 Å². The van der Waals surface area contributed by atoms with E-state index in [1.165, 1.54) is 38.6 Å². The number of hydrogen-bond acceptors (Lipinski definition) is 2. The maximum Gasteiger partial charge on any atom is 0.308 e. The van der Waals surface area contributed by atoms with Crippen LogP contribution in [0.25, 0.3) is 0 Å². The Balaban J connectivity index is 1.65. The average molecular weight is 223 g/mol. The Morgan fingerprint density at radius 1 is 1.19 bits per heavy atom. The summed E-state index contributed by atoms with van der Waals surface area (Å²) in [6.07, 6.45) is 8.77. The van der Waals surface area contributed by atoms with Crippen LogP contribution in [-0.4, -0.2) is 34.6 Å². The van der Waals surface area contributed by atoms with Gasteiger partial charge in [-0.3, -0.25) is 9.69 Å². The molecule has 0 spiro atoms. The van der Waals surface area contributed by atoms with Gasteiger partial charge in [-0.1, -0.05) is 12.8 Å². The largest absolute Gasteiger partial charge is 0.481 e. The standard InChI is InChI=1S/C13H21NO2/c15-13(16)11-7-10-5-6-12(11)14(10)8-9-3-1-2-4-9/h9-12H,1-8H2,(H,15,16). The van der Waals surface area contributed by atoms with Crippen LogP contribution in [0.2, 0.25) is 0 Å². The van der Waals surface area contributed by atoms with Crippen molar-refractivity contribution in [3.05, 3.63) is 0 Å². The second-order valence-electron chi connectivity index (χ2n) is 5.83. The van der Waals surface area contributed by atoms with E-state index in [-0.39, 0.29) is 5.92 Å². The van der Waals surface area contributed by atoms with E-state index in [0.717, 1.165) is 18.8 Å². The third-order valence-corrected chi connectivity index (χ3v) is 4.94. The minimum Gasteiger partial charge on any atom is -0.481 e. The van der Waals surface area contributed by atoms with Gasteiger partial charge in [0.1, 0.15) is 0 Å². The zero-order valence-corrected chi connectivity index (χ0v) is 9.77. The van der Waals surface area contributed by atoms with Crippen LogP contribution in [0.3, 0.4) is 0 Å². The van der Waals surface area contributed by atoms with E-state index >= 15 is 0 Å². The minimum atomic E-state index is -0.566. The number of nitrogens with zero attached hydrogens (tertiary/aromatic N) is 1. The summed E-state index contributed by atoms with van der Waals surface area (Å²) in [6.45, 7) is 1.18. The van der Waals surface area contributed by atoms with Crippen LogP contribution in [0.5, 0.6) is 0 Å². The first-order valence-electron chi connectivity index (χ1n) is 6.74. The molecule has 2 saturated heterocycles. The van der Waals surface area contributed by atoms with Crippen LogP contribution in [0.15, 0.2) is 0 Å². The fraction of sp³-hybridized carbons (Fsp3) is 0.923. The van der Waals surface area contributed by atoms with Crippen LogP contribution < -0.4 is 0 Å². The van der Waals surface area contributed by atoms with Gasteiger partial charge < -0.3 is 5.11 Å². The molecular formula is C13H21NO2. The van der Waals surface area contributed by atoms with Gasteiger partial charge in [0.25, 0.3) is 0 Å². The van der Waals surface area contributed by atoms with E-state index in [4.69, 9.17) is 0 Å². The fourth-order valence-electron chi connectivity index (χ4n) is 4.14. The van der Waals surface area contributed by atoms with E-state index in [9.17, 15) is 9.90 Å². The highest BCUT2D eigenvalue weighted by atomic mass is 16.4. The number of fused-ring (bicyclic) bond motifs is 2. The second-order valence-corrected chi connectivity index (χ2v) is 5.83. The van der Waals surface area contributed by atoms with Crippen molar-refractivity contribution < 1.29 is 9.90 Å². The third kappa shape index (κ3) is 1.65. The van der Waals surface area contributed by atoms with Gasteiger partial charge in [-0.15, -0.1) is 0 Å². The Morgan fingerprint density at radius 2 is 1.94 bits per heavy atom. The number of carboxylic acid groups (broad SMARTS) is 1. The van der Waals surface area contributed by atoms with Gasteiger partial charge in [-0.05, 0) is 38.0 Å². The van der Waals surface area contributed by atoms with Crippen LogP contribution in [0.4, 0.5) is 0 Å². The van der Waals surface area contributed by atoms with Crippen molar-refractivity contribution in [2.75, 3.05) is 6.54 Å². The molecule has 0 radical (unpaired) electrons. The lowest BCUT2D eigenvalue weighted by molar-refractivity contribution is -0.142. The molecule has 90 valence electrons. The fourth-order valence-corrected chi connectivity index (χ4v) is 4.14. The molecule has 16 heavy (non-hydrogen) atoms. The van der Waals surface area contributed by atoms with Crippen molar-refractivity contribution in [1.29, 1.82) is 0 Å². The number of aliphatic carboxylic acids is 1. The molecule has 3 unspecified atom stereocenters. The predicted molar refractivity (Wildman–Crippen MR) is 61.2 cm³/mol. The van der Waals surface area contributed by atoms with Crippen LogP contribution in [-0.2, 0) is 4.79 Å². The van der Waals surface area contributed by atoms with Crippen LogP contribution in [0, 0.1) is 11.8 Å². The van der Waals surface area contributed by atoms with Crippen molar-refractivity contribution in [1.82, 2.24) is 4.90 Å². The molecule has 1 N–H and O–H groups in total. The maximum absolute atomic E-state index is 11.1. The SMILES string of the molecule is O=C(O)C1CC2CCC1N2CC1CCCC1. The van der Waals surface area contributed by atoms with Crippen molar-refractivity contribution in [3.63, 3.8) is 0 Å². The van der Waals surface area contributed by atoms with Gasteiger partial charge in [0.05, 0.1) is 5.92 Å². The van der Waals surface area contributed by atoms with Crippen LogP contribution >= 0.6 is 0 Å². The lowest BCUT2D eigenvalue weighted by Gasteiger charge is -2.25. The first-order valence-corrected chi connectivity index (χ1v) is 6.74. The molecule has 2 aliphatic heterocycles. The molecule has 0 amide bonds. The predicted octanol–water partition coefficient (Wildman–Crippen LogP) is 2.11. The number of carboxylic acids is 1. The van der Waals surface area contributed by atoms with Gasteiger partial charge in [0, 0.05) is 18.6 Å². The molecule has 0 aromatic carbocycles.